The third kappa shape index (κ3) is 2.67. The molecular formula is C17H22O2. The number of hydrogen-bond acceptors (Lipinski definition) is 2. The highest BCUT2D eigenvalue weighted by molar-refractivity contribution is 5.51. The van der Waals surface area contributed by atoms with E-state index in [0.29, 0.717) is 5.56 Å². The highest BCUT2D eigenvalue weighted by Gasteiger charge is 2.29. The highest BCUT2D eigenvalue weighted by atomic mass is 16.3. The van der Waals surface area contributed by atoms with E-state index < -0.39 is 0 Å². The summed E-state index contributed by atoms with van der Waals surface area (Å²) in [6, 6.07) is 3.42. The van der Waals surface area contributed by atoms with E-state index in [1.54, 1.807) is 12.1 Å². The Hall–Kier alpha value is -1.70. The van der Waals surface area contributed by atoms with Gasteiger partial charge in [-0.1, -0.05) is 23.8 Å². The quantitative estimate of drug-likeness (QED) is 0.771. The first-order valence-electron chi connectivity index (χ1n) is 6.75. The molecule has 102 valence electrons. The van der Waals surface area contributed by atoms with Gasteiger partial charge >= 0.3 is 0 Å². The Morgan fingerprint density at radius 2 is 1.79 bits per heavy atom. The fourth-order valence-electron chi connectivity index (χ4n) is 3.01. The minimum absolute atomic E-state index is 0.0202. The maximum Gasteiger partial charge on any atom is 0.123 e. The first kappa shape index (κ1) is 13.7. The van der Waals surface area contributed by atoms with Gasteiger partial charge in [-0.3, -0.25) is 0 Å². The fraction of sp³-hybridized carbons (Fsp3) is 0.412. The van der Waals surface area contributed by atoms with E-state index in [-0.39, 0.29) is 23.3 Å². The van der Waals surface area contributed by atoms with Crippen LogP contribution in [0, 0.1) is 12.8 Å². The van der Waals surface area contributed by atoms with Crippen LogP contribution in [-0.2, 0) is 0 Å². The Bertz CT molecular complexity index is 517. The molecule has 0 unspecified atom stereocenters. The second-order valence-corrected chi connectivity index (χ2v) is 5.75. The number of hydrogen-bond donors (Lipinski definition) is 2. The molecule has 2 rings (SSSR count). The molecule has 0 radical (unpaired) electrons. The lowest BCUT2D eigenvalue weighted by Gasteiger charge is -2.31. The topological polar surface area (TPSA) is 40.5 Å². The van der Waals surface area contributed by atoms with Gasteiger partial charge in [0.15, 0.2) is 0 Å². The third-order valence-corrected chi connectivity index (χ3v) is 3.99. The molecule has 2 nitrogen and oxygen atoms in total. The largest absolute Gasteiger partial charge is 0.507 e. The standard InChI is InChI=1S/C17H22O2/c1-10(2)13-6-5-11(3)7-14(13)17-15(18)8-12(4)9-16(17)19/h7-9,13-14,18-19H,1,5-6H2,2-4H3/t13-,14-/m0/s1. The van der Waals surface area contributed by atoms with Crippen LogP contribution in [0.4, 0.5) is 0 Å². The Labute approximate surface area is 115 Å². The average molecular weight is 258 g/mol. The van der Waals surface area contributed by atoms with Crippen molar-refractivity contribution in [3.8, 4) is 11.5 Å². The minimum Gasteiger partial charge on any atom is -0.507 e. The van der Waals surface area contributed by atoms with Crippen LogP contribution in [0.15, 0.2) is 35.9 Å². The predicted octanol–water partition coefficient (Wildman–Crippen LogP) is 4.42. The molecule has 1 aromatic carbocycles. The van der Waals surface area contributed by atoms with Crippen molar-refractivity contribution in [2.75, 3.05) is 0 Å². The fourth-order valence-corrected chi connectivity index (χ4v) is 3.01. The van der Waals surface area contributed by atoms with Gasteiger partial charge in [-0.15, -0.1) is 0 Å². The summed E-state index contributed by atoms with van der Waals surface area (Å²) in [4.78, 5) is 0. The monoisotopic (exact) mass is 258 g/mol. The summed E-state index contributed by atoms with van der Waals surface area (Å²) in [5, 5.41) is 20.4. The van der Waals surface area contributed by atoms with Gasteiger partial charge in [-0.25, -0.2) is 0 Å². The van der Waals surface area contributed by atoms with Crippen molar-refractivity contribution in [2.24, 2.45) is 5.92 Å². The summed E-state index contributed by atoms with van der Waals surface area (Å²) in [5.41, 5.74) is 3.91. The summed E-state index contributed by atoms with van der Waals surface area (Å²) < 4.78 is 0. The Kier molecular flexibility index (Phi) is 3.70. The van der Waals surface area contributed by atoms with Crippen molar-refractivity contribution in [3.63, 3.8) is 0 Å². The summed E-state index contributed by atoms with van der Waals surface area (Å²) in [6.45, 7) is 10.0. The molecule has 0 spiro atoms. The van der Waals surface area contributed by atoms with Crippen LogP contribution in [0.1, 0.15) is 43.7 Å². The lowest BCUT2D eigenvalue weighted by atomic mass is 9.74. The summed E-state index contributed by atoms with van der Waals surface area (Å²) in [7, 11) is 0. The number of allylic oxidation sites excluding steroid dienone is 3. The molecule has 19 heavy (non-hydrogen) atoms. The maximum atomic E-state index is 10.2. The molecule has 0 fully saturated rings. The minimum atomic E-state index is 0.0202. The molecule has 2 heteroatoms. The maximum absolute atomic E-state index is 10.2. The zero-order chi connectivity index (χ0) is 14.2. The SMILES string of the molecule is C=C(C)[C@@H]1CCC(C)=C[C@@H]1c1c(O)cc(C)cc1O. The van der Waals surface area contributed by atoms with Gasteiger partial charge in [0.05, 0.1) is 0 Å². The van der Waals surface area contributed by atoms with E-state index in [2.05, 4.69) is 19.6 Å². The van der Waals surface area contributed by atoms with E-state index in [4.69, 9.17) is 0 Å². The summed E-state index contributed by atoms with van der Waals surface area (Å²) in [6.07, 6.45) is 4.24. The van der Waals surface area contributed by atoms with E-state index in [1.165, 1.54) is 5.57 Å². The van der Waals surface area contributed by atoms with Crippen molar-refractivity contribution < 1.29 is 10.2 Å². The van der Waals surface area contributed by atoms with E-state index >= 15 is 0 Å². The van der Waals surface area contributed by atoms with E-state index in [9.17, 15) is 10.2 Å². The van der Waals surface area contributed by atoms with Crippen molar-refractivity contribution in [2.45, 2.75) is 39.5 Å². The lowest BCUT2D eigenvalue weighted by Crippen LogP contribution is -2.17. The highest BCUT2D eigenvalue weighted by Crippen LogP contribution is 2.46. The molecule has 0 saturated heterocycles. The molecule has 2 atom stereocenters. The average Bonchev–Trinajstić information content (AvgIpc) is 2.27. The van der Waals surface area contributed by atoms with Crippen LogP contribution in [0.5, 0.6) is 11.5 Å². The van der Waals surface area contributed by atoms with Crippen molar-refractivity contribution in [1.82, 2.24) is 0 Å². The smallest absolute Gasteiger partial charge is 0.123 e. The number of benzene rings is 1. The molecule has 0 bridgehead atoms. The lowest BCUT2D eigenvalue weighted by molar-refractivity contribution is 0.406. The number of aromatic hydroxyl groups is 2. The van der Waals surface area contributed by atoms with Crippen LogP contribution in [0.2, 0.25) is 0 Å². The van der Waals surface area contributed by atoms with Gasteiger partial charge in [0, 0.05) is 11.5 Å². The number of aryl methyl sites for hydroxylation is 1. The van der Waals surface area contributed by atoms with Gasteiger partial charge in [-0.2, -0.15) is 0 Å². The third-order valence-electron chi connectivity index (χ3n) is 3.99. The predicted molar refractivity (Wildman–Crippen MR) is 78.5 cm³/mol. The van der Waals surface area contributed by atoms with Gasteiger partial charge in [0.1, 0.15) is 11.5 Å². The van der Waals surface area contributed by atoms with Gasteiger partial charge < -0.3 is 10.2 Å². The first-order chi connectivity index (χ1) is 8.90. The van der Waals surface area contributed by atoms with Crippen molar-refractivity contribution in [3.05, 3.63) is 47.1 Å². The summed E-state index contributed by atoms with van der Waals surface area (Å²) >= 11 is 0. The molecule has 1 aromatic rings. The van der Waals surface area contributed by atoms with Gasteiger partial charge in [0.25, 0.3) is 0 Å². The molecule has 1 aliphatic carbocycles. The number of rotatable bonds is 2. The van der Waals surface area contributed by atoms with E-state index in [1.807, 2.05) is 13.8 Å². The Morgan fingerprint density at radius 3 is 2.32 bits per heavy atom. The van der Waals surface area contributed by atoms with Gasteiger partial charge in [0.2, 0.25) is 0 Å². The zero-order valence-corrected chi connectivity index (χ0v) is 11.9. The summed E-state index contributed by atoms with van der Waals surface area (Å²) in [5.74, 6) is 0.662. The van der Waals surface area contributed by atoms with Crippen molar-refractivity contribution in [1.29, 1.82) is 0 Å². The molecule has 1 aliphatic rings. The second kappa shape index (κ2) is 5.12. The molecule has 0 aliphatic heterocycles. The molecule has 0 amide bonds. The number of phenols is 2. The molecule has 0 aromatic heterocycles. The van der Waals surface area contributed by atoms with Crippen LogP contribution in [-0.4, -0.2) is 10.2 Å². The van der Waals surface area contributed by atoms with Crippen LogP contribution >= 0.6 is 0 Å². The van der Waals surface area contributed by atoms with Crippen LogP contribution in [0.25, 0.3) is 0 Å². The Balaban J connectivity index is 2.54. The number of phenolic OH excluding ortho intramolecular Hbond substituents is 2. The van der Waals surface area contributed by atoms with Crippen molar-refractivity contribution >= 4 is 0 Å². The molecule has 0 saturated carbocycles. The molecular weight excluding hydrogens is 236 g/mol. The first-order valence-corrected chi connectivity index (χ1v) is 6.75. The van der Waals surface area contributed by atoms with Crippen LogP contribution in [0.3, 0.4) is 0 Å². The Morgan fingerprint density at radius 1 is 1.21 bits per heavy atom. The van der Waals surface area contributed by atoms with E-state index in [0.717, 1.165) is 24.0 Å². The van der Waals surface area contributed by atoms with Gasteiger partial charge in [-0.05, 0) is 57.2 Å². The van der Waals surface area contributed by atoms with Crippen LogP contribution < -0.4 is 0 Å². The molecule has 2 N–H and O–H groups in total. The normalized spacial score (nSPS) is 23.0. The molecule has 0 heterocycles. The second-order valence-electron chi connectivity index (χ2n) is 5.75. The zero-order valence-electron chi connectivity index (χ0n) is 11.9.